The van der Waals surface area contributed by atoms with Crippen molar-refractivity contribution in [1.29, 1.82) is 0 Å². The molecule has 1 aliphatic rings. The highest BCUT2D eigenvalue weighted by molar-refractivity contribution is 7.12. The molecule has 0 atom stereocenters. The van der Waals surface area contributed by atoms with E-state index in [2.05, 4.69) is 4.90 Å². The summed E-state index contributed by atoms with van der Waals surface area (Å²) in [5, 5.41) is 1.95. The molecule has 1 fully saturated rings. The van der Waals surface area contributed by atoms with Crippen LogP contribution in [0.2, 0.25) is 0 Å². The van der Waals surface area contributed by atoms with Crippen LogP contribution in [-0.2, 0) is 0 Å². The molecule has 1 amide bonds. The summed E-state index contributed by atoms with van der Waals surface area (Å²) in [7, 11) is 0. The van der Waals surface area contributed by atoms with E-state index in [1.54, 1.807) is 0 Å². The molecule has 0 aliphatic carbocycles. The van der Waals surface area contributed by atoms with Gasteiger partial charge in [0, 0.05) is 26.2 Å². The third-order valence-corrected chi connectivity index (χ3v) is 3.93. The molecule has 0 saturated carbocycles. The van der Waals surface area contributed by atoms with Gasteiger partial charge in [0.25, 0.3) is 5.91 Å². The van der Waals surface area contributed by atoms with E-state index < -0.39 is 0 Å². The highest BCUT2D eigenvalue weighted by atomic mass is 32.1. The number of carbonyl (C=O) groups is 1. The maximum absolute atomic E-state index is 12.1. The van der Waals surface area contributed by atoms with E-state index in [0.717, 1.165) is 50.6 Å². The Kier molecular flexibility index (Phi) is 4.53. The summed E-state index contributed by atoms with van der Waals surface area (Å²) < 4.78 is 0. The zero-order valence-corrected chi connectivity index (χ0v) is 10.8. The smallest absolute Gasteiger partial charge is 0.264 e. The Balaban J connectivity index is 1.81. The van der Waals surface area contributed by atoms with Gasteiger partial charge in [-0.1, -0.05) is 6.07 Å². The van der Waals surface area contributed by atoms with Crippen LogP contribution in [0.5, 0.6) is 0 Å². The van der Waals surface area contributed by atoms with Crippen molar-refractivity contribution in [3.05, 3.63) is 22.4 Å². The zero-order valence-electron chi connectivity index (χ0n) is 9.97. The average Bonchev–Trinajstić information content (AvgIpc) is 2.90. The molecule has 5 heteroatoms. The molecule has 1 aromatic rings. The van der Waals surface area contributed by atoms with Crippen LogP contribution in [0, 0.1) is 0 Å². The SMILES string of the molecule is NCCCN1CCN(C(=O)c2cccs2)CC1. The fraction of sp³-hybridized carbons (Fsp3) is 0.583. The number of nitrogens with two attached hydrogens (primary N) is 1. The molecule has 0 spiro atoms. The molecule has 0 aromatic carbocycles. The highest BCUT2D eigenvalue weighted by Gasteiger charge is 2.21. The normalized spacial score (nSPS) is 17.4. The van der Waals surface area contributed by atoms with Gasteiger partial charge in [0.1, 0.15) is 0 Å². The van der Waals surface area contributed by atoms with Crippen LogP contribution in [0.4, 0.5) is 0 Å². The minimum atomic E-state index is 0.179. The topological polar surface area (TPSA) is 49.6 Å². The van der Waals surface area contributed by atoms with E-state index in [-0.39, 0.29) is 5.91 Å². The third-order valence-electron chi connectivity index (χ3n) is 3.07. The van der Waals surface area contributed by atoms with Crippen molar-refractivity contribution in [2.45, 2.75) is 6.42 Å². The lowest BCUT2D eigenvalue weighted by molar-refractivity contribution is 0.0641. The van der Waals surface area contributed by atoms with Crippen molar-refractivity contribution in [2.24, 2.45) is 5.73 Å². The number of rotatable bonds is 4. The Hall–Kier alpha value is -0.910. The van der Waals surface area contributed by atoms with E-state index in [0.29, 0.717) is 0 Å². The summed E-state index contributed by atoms with van der Waals surface area (Å²) in [4.78, 5) is 17.3. The van der Waals surface area contributed by atoms with Gasteiger partial charge in [0.05, 0.1) is 4.88 Å². The van der Waals surface area contributed by atoms with E-state index >= 15 is 0 Å². The number of carbonyl (C=O) groups excluding carboxylic acids is 1. The van der Waals surface area contributed by atoms with E-state index in [9.17, 15) is 4.79 Å². The second-order valence-corrected chi connectivity index (χ2v) is 5.20. The molecule has 1 aromatic heterocycles. The summed E-state index contributed by atoms with van der Waals surface area (Å²) in [6.07, 6.45) is 1.04. The largest absolute Gasteiger partial charge is 0.335 e. The van der Waals surface area contributed by atoms with Crippen LogP contribution >= 0.6 is 11.3 Å². The molecule has 0 bridgehead atoms. The third kappa shape index (κ3) is 3.28. The molecule has 94 valence electrons. The first-order valence-electron chi connectivity index (χ1n) is 6.06. The number of hydrogen-bond donors (Lipinski definition) is 1. The van der Waals surface area contributed by atoms with Gasteiger partial charge < -0.3 is 10.6 Å². The lowest BCUT2D eigenvalue weighted by Gasteiger charge is -2.34. The average molecular weight is 253 g/mol. The number of nitrogens with zero attached hydrogens (tertiary/aromatic N) is 2. The van der Waals surface area contributed by atoms with Gasteiger partial charge in [-0.3, -0.25) is 9.69 Å². The number of piperazine rings is 1. The molecule has 2 N–H and O–H groups in total. The molecule has 0 unspecified atom stereocenters. The van der Waals surface area contributed by atoms with Gasteiger partial charge in [-0.05, 0) is 31.0 Å². The molecule has 0 radical (unpaired) electrons. The first kappa shape index (κ1) is 12.5. The molecule has 1 aliphatic heterocycles. The van der Waals surface area contributed by atoms with Crippen molar-refractivity contribution in [2.75, 3.05) is 39.3 Å². The number of amides is 1. The van der Waals surface area contributed by atoms with Crippen molar-refractivity contribution in [3.63, 3.8) is 0 Å². The van der Waals surface area contributed by atoms with Gasteiger partial charge >= 0.3 is 0 Å². The highest BCUT2D eigenvalue weighted by Crippen LogP contribution is 2.13. The Morgan fingerprint density at radius 2 is 2.12 bits per heavy atom. The Labute approximate surface area is 106 Å². The minimum absolute atomic E-state index is 0.179. The molecule has 2 heterocycles. The lowest BCUT2D eigenvalue weighted by atomic mass is 10.2. The van der Waals surface area contributed by atoms with Gasteiger partial charge in [0.2, 0.25) is 0 Å². The summed E-state index contributed by atoms with van der Waals surface area (Å²) in [6, 6.07) is 3.82. The number of hydrogen-bond acceptors (Lipinski definition) is 4. The van der Waals surface area contributed by atoms with Crippen LogP contribution in [-0.4, -0.2) is 55.0 Å². The van der Waals surface area contributed by atoms with Crippen LogP contribution in [0.3, 0.4) is 0 Å². The summed E-state index contributed by atoms with van der Waals surface area (Å²) >= 11 is 1.52. The molecule has 1 saturated heterocycles. The first-order valence-corrected chi connectivity index (χ1v) is 6.94. The summed E-state index contributed by atoms with van der Waals surface area (Å²) in [5.74, 6) is 0.179. The first-order chi connectivity index (χ1) is 8.31. The standard InChI is InChI=1S/C12H19N3OS/c13-4-2-5-14-6-8-15(9-7-14)12(16)11-3-1-10-17-11/h1,3,10H,2,4-9,13H2. The van der Waals surface area contributed by atoms with Crippen molar-refractivity contribution < 1.29 is 4.79 Å². The van der Waals surface area contributed by atoms with Gasteiger partial charge in [-0.25, -0.2) is 0 Å². The van der Waals surface area contributed by atoms with Crippen molar-refractivity contribution >= 4 is 17.2 Å². The van der Waals surface area contributed by atoms with Crippen molar-refractivity contribution in [1.82, 2.24) is 9.80 Å². The van der Waals surface area contributed by atoms with Gasteiger partial charge in [0.15, 0.2) is 0 Å². The lowest BCUT2D eigenvalue weighted by Crippen LogP contribution is -2.48. The fourth-order valence-electron chi connectivity index (χ4n) is 2.05. The second-order valence-electron chi connectivity index (χ2n) is 4.25. The van der Waals surface area contributed by atoms with Gasteiger partial charge in [-0.2, -0.15) is 0 Å². The summed E-state index contributed by atoms with van der Waals surface area (Å²) in [5.41, 5.74) is 5.50. The Morgan fingerprint density at radius 1 is 1.35 bits per heavy atom. The molecule has 2 rings (SSSR count). The number of thiophene rings is 1. The predicted octanol–water partition coefficient (Wildman–Crippen LogP) is 0.855. The minimum Gasteiger partial charge on any atom is -0.335 e. The Morgan fingerprint density at radius 3 is 2.71 bits per heavy atom. The second kappa shape index (κ2) is 6.14. The molecule has 17 heavy (non-hydrogen) atoms. The van der Waals surface area contributed by atoms with Crippen molar-refractivity contribution in [3.8, 4) is 0 Å². The molecular formula is C12H19N3OS. The van der Waals surface area contributed by atoms with E-state index in [4.69, 9.17) is 5.73 Å². The van der Waals surface area contributed by atoms with E-state index in [1.807, 2.05) is 22.4 Å². The molecule has 4 nitrogen and oxygen atoms in total. The summed E-state index contributed by atoms with van der Waals surface area (Å²) in [6.45, 7) is 5.41. The van der Waals surface area contributed by atoms with Crippen LogP contribution in [0.1, 0.15) is 16.1 Å². The maximum Gasteiger partial charge on any atom is 0.264 e. The fourth-order valence-corrected chi connectivity index (χ4v) is 2.74. The van der Waals surface area contributed by atoms with Crippen LogP contribution in [0.15, 0.2) is 17.5 Å². The monoisotopic (exact) mass is 253 g/mol. The quantitative estimate of drug-likeness (QED) is 0.865. The van der Waals surface area contributed by atoms with E-state index in [1.165, 1.54) is 11.3 Å². The zero-order chi connectivity index (χ0) is 12.1. The van der Waals surface area contributed by atoms with Crippen LogP contribution < -0.4 is 5.73 Å². The van der Waals surface area contributed by atoms with Crippen LogP contribution in [0.25, 0.3) is 0 Å². The predicted molar refractivity (Wildman–Crippen MR) is 70.3 cm³/mol. The Bertz CT molecular complexity index is 345. The molecular weight excluding hydrogens is 234 g/mol. The maximum atomic E-state index is 12.1. The van der Waals surface area contributed by atoms with Gasteiger partial charge in [-0.15, -0.1) is 11.3 Å².